The number of aryl methyl sites for hydroxylation is 1. The molecule has 16 heavy (non-hydrogen) atoms. The Labute approximate surface area is 102 Å². The van der Waals surface area contributed by atoms with Gasteiger partial charge in [0.1, 0.15) is 5.01 Å². The molecular formula is C12H22N2OS. The van der Waals surface area contributed by atoms with Gasteiger partial charge in [-0.1, -0.05) is 13.8 Å². The summed E-state index contributed by atoms with van der Waals surface area (Å²) in [6.07, 6.45) is 0. The number of nitrogens with one attached hydrogen (secondary N) is 1. The molecule has 0 aromatic carbocycles. The van der Waals surface area contributed by atoms with Crippen molar-refractivity contribution in [2.45, 2.75) is 33.7 Å². The van der Waals surface area contributed by atoms with Crippen molar-refractivity contribution in [3.8, 4) is 0 Å². The molecule has 0 spiro atoms. The molecule has 0 fully saturated rings. The lowest BCUT2D eigenvalue weighted by atomic mass is 10.2. The van der Waals surface area contributed by atoms with E-state index in [9.17, 15) is 0 Å². The summed E-state index contributed by atoms with van der Waals surface area (Å²) in [6, 6.07) is 0.321. The molecule has 0 aliphatic heterocycles. The minimum Gasteiger partial charge on any atom is -0.380 e. The molecular weight excluding hydrogens is 220 g/mol. The first-order chi connectivity index (χ1) is 7.59. The molecule has 1 heterocycles. The maximum absolute atomic E-state index is 5.51. The molecule has 0 amide bonds. The monoisotopic (exact) mass is 242 g/mol. The highest BCUT2D eigenvalue weighted by Crippen LogP contribution is 2.16. The van der Waals surface area contributed by atoms with Gasteiger partial charge in [0.15, 0.2) is 0 Å². The number of aromatic nitrogens is 1. The molecule has 1 atom stereocenters. The molecule has 4 heteroatoms. The number of thiazole rings is 1. The first-order valence-electron chi connectivity index (χ1n) is 5.82. The van der Waals surface area contributed by atoms with Crippen LogP contribution in [0.3, 0.4) is 0 Å². The van der Waals surface area contributed by atoms with Crippen LogP contribution in [0.4, 0.5) is 0 Å². The van der Waals surface area contributed by atoms with Crippen LogP contribution in [0.5, 0.6) is 0 Å². The standard InChI is InChI=1S/C12H22N2OS/c1-9(2)7-15-6-5-13-11(4)12-14-10(3)8-16-12/h8-9,11,13H,5-7H2,1-4H3/t11-/m0/s1. The fourth-order valence-electron chi connectivity index (χ4n) is 1.33. The van der Waals surface area contributed by atoms with Gasteiger partial charge in [-0.2, -0.15) is 0 Å². The average Bonchev–Trinajstić information content (AvgIpc) is 2.63. The predicted molar refractivity (Wildman–Crippen MR) is 68.9 cm³/mol. The smallest absolute Gasteiger partial charge is 0.110 e. The Kier molecular flexibility index (Phi) is 5.95. The van der Waals surface area contributed by atoms with Gasteiger partial charge in [0, 0.05) is 24.2 Å². The van der Waals surface area contributed by atoms with Crippen molar-refractivity contribution in [3.05, 3.63) is 16.1 Å². The number of hydrogen-bond donors (Lipinski definition) is 1. The van der Waals surface area contributed by atoms with Crippen LogP contribution >= 0.6 is 11.3 Å². The molecule has 92 valence electrons. The van der Waals surface area contributed by atoms with Crippen molar-refractivity contribution in [1.29, 1.82) is 0 Å². The van der Waals surface area contributed by atoms with Gasteiger partial charge in [-0.05, 0) is 19.8 Å². The maximum Gasteiger partial charge on any atom is 0.110 e. The maximum atomic E-state index is 5.51. The Morgan fingerprint density at radius 1 is 1.44 bits per heavy atom. The molecule has 1 rings (SSSR count). The summed E-state index contributed by atoms with van der Waals surface area (Å²) < 4.78 is 5.51. The van der Waals surface area contributed by atoms with Crippen LogP contribution in [0.15, 0.2) is 5.38 Å². The van der Waals surface area contributed by atoms with E-state index in [1.807, 2.05) is 6.92 Å². The van der Waals surface area contributed by atoms with Crippen LogP contribution in [0.1, 0.15) is 37.5 Å². The second kappa shape index (κ2) is 6.99. The molecule has 1 aromatic heterocycles. The van der Waals surface area contributed by atoms with Crippen LogP contribution < -0.4 is 5.32 Å². The number of rotatable bonds is 7. The fourth-order valence-corrected chi connectivity index (χ4v) is 2.15. The van der Waals surface area contributed by atoms with Crippen LogP contribution in [0, 0.1) is 12.8 Å². The molecule has 0 bridgehead atoms. The third kappa shape index (κ3) is 5.05. The number of hydrogen-bond acceptors (Lipinski definition) is 4. The van der Waals surface area contributed by atoms with E-state index in [1.54, 1.807) is 11.3 Å². The quantitative estimate of drug-likeness (QED) is 0.747. The summed E-state index contributed by atoms with van der Waals surface area (Å²) in [5.41, 5.74) is 1.10. The van der Waals surface area contributed by atoms with Gasteiger partial charge in [-0.3, -0.25) is 0 Å². The van der Waals surface area contributed by atoms with Crippen molar-refractivity contribution in [3.63, 3.8) is 0 Å². The van der Waals surface area contributed by atoms with E-state index in [-0.39, 0.29) is 0 Å². The topological polar surface area (TPSA) is 34.1 Å². The summed E-state index contributed by atoms with van der Waals surface area (Å²) in [5.74, 6) is 0.610. The Hall–Kier alpha value is -0.450. The highest BCUT2D eigenvalue weighted by molar-refractivity contribution is 7.09. The lowest BCUT2D eigenvalue weighted by molar-refractivity contribution is 0.110. The number of ether oxygens (including phenoxy) is 1. The highest BCUT2D eigenvalue weighted by atomic mass is 32.1. The van der Waals surface area contributed by atoms with E-state index < -0.39 is 0 Å². The molecule has 0 aliphatic carbocycles. The van der Waals surface area contributed by atoms with Gasteiger partial charge < -0.3 is 10.1 Å². The summed E-state index contributed by atoms with van der Waals surface area (Å²) >= 11 is 1.71. The van der Waals surface area contributed by atoms with Crippen molar-refractivity contribution in [2.75, 3.05) is 19.8 Å². The Balaban J connectivity index is 2.13. The summed E-state index contributed by atoms with van der Waals surface area (Å²) in [4.78, 5) is 4.45. The van der Waals surface area contributed by atoms with E-state index in [2.05, 4.69) is 36.5 Å². The zero-order valence-electron chi connectivity index (χ0n) is 10.6. The predicted octanol–water partition coefficient (Wildman–Crippen LogP) is 2.77. The fraction of sp³-hybridized carbons (Fsp3) is 0.750. The van der Waals surface area contributed by atoms with Gasteiger partial charge in [0.05, 0.1) is 12.6 Å². The Morgan fingerprint density at radius 3 is 2.75 bits per heavy atom. The molecule has 0 radical (unpaired) electrons. The minimum absolute atomic E-state index is 0.321. The lowest BCUT2D eigenvalue weighted by Crippen LogP contribution is -2.23. The van der Waals surface area contributed by atoms with E-state index in [1.165, 1.54) is 0 Å². The van der Waals surface area contributed by atoms with Crippen LogP contribution in [-0.2, 0) is 4.74 Å². The van der Waals surface area contributed by atoms with E-state index in [4.69, 9.17) is 4.74 Å². The summed E-state index contributed by atoms with van der Waals surface area (Å²) in [6.45, 7) is 11.0. The summed E-state index contributed by atoms with van der Waals surface area (Å²) in [7, 11) is 0. The summed E-state index contributed by atoms with van der Waals surface area (Å²) in [5, 5.41) is 6.65. The van der Waals surface area contributed by atoms with Gasteiger partial charge in [-0.15, -0.1) is 11.3 Å². The zero-order valence-corrected chi connectivity index (χ0v) is 11.4. The van der Waals surface area contributed by atoms with E-state index in [0.29, 0.717) is 12.0 Å². The van der Waals surface area contributed by atoms with E-state index >= 15 is 0 Å². The second-order valence-electron chi connectivity index (χ2n) is 4.47. The Morgan fingerprint density at radius 2 is 2.19 bits per heavy atom. The first-order valence-corrected chi connectivity index (χ1v) is 6.70. The molecule has 1 N–H and O–H groups in total. The van der Waals surface area contributed by atoms with Crippen molar-refractivity contribution in [1.82, 2.24) is 10.3 Å². The minimum atomic E-state index is 0.321. The zero-order chi connectivity index (χ0) is 12.0. The first kappa shape index (κ1) is 13.6. The third-order valence-corrected chi connectivity index (χ3v) is 3.30. The average molecular weight is 242 g/mol. The van der Waals surface area contributed by atoms with Crippen molar-refractivity contribution in [2.24, 2.45) is 5.92 Å². The lowest BCUT2D eigenvalue weighted by Gasteiger charge is -2.12. The van der Waals surface area contributed by atoms with Crippen molar-refractivity contribution >= 4 is 11.3 Å². The van der Waals surface area contributed by atoms with Gasteiger partial charge >= 0.3 is 0 Å². The van der Waals surface area contributed by atoms with Crippen LogP contribution in [0.25, 0.3) is 0 Å². The highest BCUT2D eigenvalue weighted by Gasteiger charge is 2.07. The van der Waals surface area contributed by atoms with Crippen molar-refractivity contribution < 1.29 is 4.74 Å². The van der Waals surface area contributed by atoms with Crippen LogP contribution in [0.2, 0.25) is 0 Å². The largest absolute Gasteiger partial charge is 0.380 e. The van der Waals surface area contributed by atoms with E-state index in [0.717, 1.165) is 30.5 Å². The van der Waals surface area contributed by atoms with Gasteiger partial charge in [0.2, 0.25) is 0 Å². The van der Waals surface area contributed by atoms with Crippen LogP contribution in [-0.4, -0.2) is 24.7 Å². The molecule has 0 unspecified atom stereocenters. The third-order valence-electron chi connectivity index (χ3n) is 2.16. The molecule has 0 aliphatic rings. The molecule has 3 nitrogen and oxygen atoms in total. The molecule has 0 saturated heterocycles. The second-order valence-corrected chi connectivity index (χ2v) is 5.36. The Bertz CT molecular complexity index is 299. The SMILES string of the molecule is Cc1csc([C@H](C)NCCOCC(C)C)n1. The number of nitrogens with zero attached hydrogens (tertiary/aromatic N) is 1. The van der Waals surface area contributed by atoms with Gasteiger partial charge in [0.25, 0.3) is 0 Å². The molecule has 1 aromatic rings. The van der Waals surface area contributed by atoms with Gasteiger partial charge in [-0.25, -0.2) is 4.98 Å². The normalized spacial score (nSPS) is 13.3. The molecule has 0 saturated carbocycles.